The third-order valence-electron chi connectivity index (χ3n) is 3.61. The Bertz CT molecular complexity index is 872. The number of amides is 1. The summed E-state index contributed by atoms with van der Waals surface area (Å²) in [5.74, 6) is -1.06. The third kappa shape index (κ3) is 5.14. The van der Waals surface area contributed by atoms with Gasteiger partial charge in [-0.2, -0.15) is 11.3 Å². The zero-order valence-electron chi connectivity index (χ0n) is 14.2. The highest BCUT2D eigenvalue weighted by Gasteiger charge is 2.18. The lowest BCUT2D eigenvalue weighted by Gasteiger charge is -2.16. The first-order chi connectivity index (χ1) is 11.7. The van der Waals surface area contributed by atoms with Gasteiger partial charge in [-0.05, 0) is 47.0 Å². The zero-order valence-corrected chi connectivity index (χ0v) is 15.8. The maximum Gasteiger partial charge on any atom is 0.338 e. The van der Waals surface area contributed by atoms with Gasteiger partial charge in [0.25, 0.3) is 5.91 Å². The van der Waals surface area contributed by atoms with Crippen LogP contribution in [0.15, 0.2) is 39.9 Å². The molecule has 2 aromatic rings. The van der Waals surface area contributed by atoms with Crippen molar-refractivity contribution in [3.05, 3.63) is 51.7 Å². The molecule has 25 heavy (non-hydrogen) atoms. The van der Waals surface area contributed by atoms with E-state index in [4.69, 9.17) is 4.74 Å². The lowest BCUT2D eigenvalue weighted by atomic mass is 10.1. The summed E-state index contributed by atoms with van der Waals surface area (Å²) >= 11 is 1.54. The molecule has 2 rings (SSSR count). The summed E-state index contributed by atoms with van der Waals surface area (Å²) in [6.07, 6.45) is 1.07. The molecule has 1 amide bonds. The Labute approximate surface area is 151 Å². The van der Waals surface area contributed by atoms with Gasteiger partial charge in [0, 0.05) is 19.8 Å². The van der Waals surface area contributed by atoms with Crippen molar-refractivity contribution in [2.75, 3.05) is 19.9 Å². The Hall–Kier alpha value is -2.19. The Kier molecular flexibility index (Phi) is 5.97. The van der Waals surface area contributed by atoms with Crippen LogP contribution in [0.5, 0.6) is 0 Å². The summed E-state index contributed by atoms with van der Waals surface area (Å²) in [4.78, 5) is 25.8. The molecule has 0 aliphatic heterocycles. The number of hydrogen-bond donors (Lipinski definition) is 0. The fraction of sp³-hybridized carbons (Fsp3) is 0.294. The first kappa shape index (κ1) is 19.1. The number of ether oxygens (including phenoxy) is 1. The van der Waals surface area contributed by atoms with Gasteiger partial charge in [0.1, 0.15) is 0 Å². The van der Waals surface area contributed by atoms with E-state index in [0.717, 1.165) is 11.8 Å². The molecule has 1 aromatic heterocycles. The summed E-state index contributed by atoms with van der Waals surface area (Å²) in [6.45, 7) is 1.71. The summed E-state index contributed by atoms with van der Waals surface area (Å²) in [7, 11) is -1.80. The topological polar surface area (TPSA) is 80.7 Å². The van der Waals surface area contributed by atoms with Gasteiger partial charge in [0.05, 0.1) is 10.5 Å². The van der Waals surface area contributed by atoms with E-state index < -0.39 is 22.4 Å². The lowest BCUT2D eigenvalue weighted by Crippen LogP contribution is -2.30. The van der Waals surface area contributed by atoms with Crippen LogP contribution in [0.25, 0.3) is 0 Å². The van der Waals surface area contributed by atoms with Crippen LogP contribution < -0.4 is 0 Å². The SMILES string of the molecule is Cc1ccc(S(C)(=O)=O)cc1C(=O)OCC(=O)N(C)Cc1ccsc1. The van der Waals surface area contributed by atoms with Crippen molar-refractivity contribution in [3.63, 3.8) is 0 Å². The molecule has 0 N–H and O–H groups in total. The van der Waals surface area contributed by atoms with E-state index in [2.05, 4.69) is 0 Å². The Balaban J connectivity index is 2.01. The summed E-state index contributed by atoms with van der Waals surface area (Å²) < 4.78 is 28.3. The van der Waals surface area contributed by atoms with Gasteiger partial charge in [-0.25, -0.2) is 13.2 Å². The van der Waals surface area contributed by atoms with Gasteiger partial charge in [-0.3, -0.25) is 4.79 Å². The molecule has 0 saturated heterocycles. The third-order valence-corrected chi connectivity index (χ3v) is 5.45. The van der Waals surface area contributed by atoms with Gasteiger partial charge in [0.2, 0.25) is 0 Å². The lowest BCUT2D eigenvalue weighted by molar-refractivity contribution is -0.133. The predicted octanol–water partition coefficient (Wildman–Crippen LogP) is 2.28. The number of nitrogens with zero attached hydrogens (tertiary/aromatic N) is 1. The van der Waals surface area contributed by atoms with Crippen LogP contribution >= 0.6 is 11.3 Å². The van der Waals surface area contributed by atoms with Crippen molar-refractivity contribution in [1.29, 1.82) is 0 Å². The first-order valence-electron chi connectivity index (χ1n) is 7.41. The second-order valence-electron chi connectivity index (χ2n) is 5.71. The molecule has 8 heteroatoms. The highest BCUT2D eigenvalue weighted by atomic mass is 32.2. The first-order valence-corrected chi connectivity index (χ1v) is 10.2. The Morgan fingerprint density at radius 3 is 2.56 bits per heavy atom. The van der Waals surface area contributed by atoms with E-state index in [9.17, 15) is 18.0 Å². The number of carbonyl (C=O) groups is 2. The normalized spacial score (nSPS) is 11.2. The summed E-state index contributed by atoms with van der Waals surface area (Å²) in [5, 5.41) is 3.86. The van der Waals surface area contributed by atoms with Crippen LogP contribution in [0, 0.1) is 6.92 Å². The van der Waals surface area contributed by atoms with E-state index in [1.54, 1.807) is 25.3 Å². The minimum absolute atomic E-state index is 0.0333. The molecule has 0 atom stereocenters. The Morgan fingerprint density at radius 2 is 1.96 bits per heavy atom. The number of likely N-dealkylation sites (N-methyl/N-ethyl adjacent to an activating group) is 1. The van der Waals surface area contributed by atoms with E-state index in [1.165, 1.54) is 23.1 Å². The fourth-order valence-electron chi connectivity index (χ4n) is 2.11. The zero-order chi connectivity index (χ0) is 18.6. The van der Waals surface area contributed by atoms with Crippen molar-refractivity contribution < 1.29 is 22.7 Å². The van der Waals surface area contributed by atoms with Crippen LogP contribution in [0.2, 0.25) is 0 Å². The van der Waals surface area contributed by atoms with Crippen molar-refractivity contribution in [1.82, 2.24) is 4.90 Å². The maximum absolute atomic E-state index is 12.2. The molecule has 1 aromatic carbocycles. The molecule has 1 heterocycles. The van der Waals surface area contributed by atoms with Crippen LogP contribution in [0.4, 0.5) is 0 Å². The summed E-state index contributed by atoms with van der Waals surface area (Å²) in [6, 6.07) is 6.16. The molecule has 0 radical (unpaired) electrons. The number of hydrogen-bond acceptors (Lipinski definition) is 6. The summed E-state index contributed by atoms with van der Waals surface area (Å²) in [5.41, 5.74) is 1.72. The van der Waals surface area contributed by atoms with E-state index >= 15 is 0 Å². The molecular weight excluding hydrogens is 362 g/mol. The van der Waals surface area contributed by atoms with E-state index in [-0.39, 0.29) is 16.4 Å². The number of aryl methyl sites for hydroxylation is 1. The number of benzene rings is 1. The van der Waals surface area contributed by atoms with Crippen molar-refractivity contribution in [3.8, 4) is 0 Å². The van der Waals surface area contributed by atoms with Crippen LogP contribution in [0.1, 0.15) is 21.5 Å². The molecule has 0 bridgehead atoms. The number of thiophene rings is 1. The Morgan fingerprint density at radius 1 is 1.24 bits per heavy atom. The molecule has 134 valence electrons. The molecule has 0 unspecified atom stereocenters. The fourth-order valence-corrected chi connectivity index (χ4v) is 3.42. The second kappa shape index (κ2) is 7.79. The monoisotopic (exact) mass is 381 g/mol. The second-order valence-corrected chi connectivity index (χ2v) is 8.50. The van der Waals surface area contributed by atoms with Crippen LogP contribution in [-0.4, -0.2) is 45.1 Å². The van der Waals surface area contributed by atoms with Crippen LogP contribution in [-0.2, 0) is 25.9 Å². The van der Waals surface area contributed by atoms with Crippen LogP contribution in [0.3, 0.4) is 0 Å². The van der Waals surface area contributed by atoms with Gasteiger partial charge >= 0.3 is 5.97 Å². The van der Waals surface area contributed by atoms with Crippen molar-refractivity contribution in [2.45, 2.75) is 18.4 Å². The molecule has 0 saturated carbocycles. The van der Waals surface area contributed by atoms with E-state index in [1.807, 2.05) is 16.8 Å². The molecule has 0 aliphatic carbocycles. The van der Waals surface area contributed by atoms with Gasteiger partial charge in [-0.15, -0.1) is 0 Å². The van der Waals surface area contributed by atoms with Gasteiger partial charge in [-0.1, -0.05) is 6.07 Å². The van der Waals surface area contributed by atoms with Gasteiger partial charge in [0.15, 0.2) is 16.4 Å². The van der Waals surface area contributed by atoms with E-state index in [0.29, 0.717) is 12.1 Å². The number of esters is 1. The average molecular weight is 381 g/mol. The number of sulfone groups is 1. The number of rotatable bonds is 6. The van der Waals surface area contributed by atoms with Crippen molar-refractivity contribution >= 4 is 33.1 Å². The minimum Gasteiger partial charge on any atom is -0.452 e. The van der Waals surface area contributed by atoms with Crippen molar-refractivity contribution in [2.24, 2.45) is 0 Å². The molecule has 0 fully saturated rings. The smallest absolute Gasteiger partial charge is 0.338 e. The molecule has 0 aliphatic rings. The predicted molar refractivity (Wildman–Crippen MR) is 95.4 cm³/mol. The minimum atomic E-state index is -3.43. The average Bonchev–Trinajstić information content (AvgIpc) is 3.04. The molecular formula is C17H19NO5S2. The largest absolute Gasteiger partial charge is 0.452 e. The molecule has 6 nitrogen and oxygen atoms in total. The highest BCUT2D eigenvalue weighted by molar-refractivity contribution is 7.90. The quantitative estimate of drug-likeness (QED) is 0.717. The maximum atomic E-state index is 12.2. The highest BCUT2D eigenvalue weighted by Crippen LogP contribution is 2.17. The number of carbonyl (C=O) groups excluding carboxylic acids is 2. The van der Waals surface area contributed by atoms with Gasteiger partial charge < -0.3 is 9.64 Å². The standard InChI is InChI=1S/C17H19NO5S2/c1-12-4-5-14(25(3,21)22)8-15(12)17(20)23-10-16(19)18(2)9-13-6-7-24-11-13/h4-8,11H,9-10H2,1-3H3. The molecule has 0 spiro atoms.